The highest BCUT2D eigenvalue weighted by molar-refractivity contribution is 5.14. The molecule has 0 bridgehead atoms. The molecule has 100 valence electrons. The lowest BCUT2D eigenvalue weighted by atomic mass is 9.99. The lowest BCUT2D eigenvalue weighted by Crippen LogP contribution is -2.45. The Bertz CT molecular complexity index is 384. The van der Waals surface area contributed by atoms with Crippen molar-refractivity contribution in [2.24, 2.45) is 0 Å². The van der Waals surface area contributed by atoms with E-state index in [4.69, 9.17) is 0 Å². The summed E-state index contributed by atoms with van der Waals surface area (Å²) in [5, 5.41) is 13.1. The van der Waals surface area contributed by atoms with Gasteiger partial charge in [-0.25, -0.2) is 0 Å². The highest BCUT2D eigenvalue weighted by Gasteiger charge is 2.32. The van der Waals surface area contributed by atoms with Crippen LogP contribution in [0.5, 0.6) is 0 Å². The van der Waals surface area contributed by atoms with Gasteiger partial charge in [0, 0.05) is 17.8 Å². The fourth-order valence-corrected chi connectivity index (χ4v) is 2.64. The van der Waals surface area contributed by atoms with Crippen LogP contribution in [0.15, 0.2) is 18.2 Å². The molecule has 3 heteroatoms. The number of rotatable bonds is 5. The Morgan fingerprint density at radius 1 is 1.33 bits per heavy atom. The SMILES string of the molecule is CC(C)c1cccc(CNC2(CO)CCCC2)n1. The molecule has 1 heterocycles. The summed E-state index contributed by atoms with van der Waals surface area (Å²) in [6, 6.07) is 6.20. The molecule has 1 aromatic rings. The summed E-state index contributed by atoms with van der Waals surface area (Å²) in [6.45, 7) is 5.30. The third kappa shape index (κ3) is 3.09. The fourth-order valence-electron chi connectivity index (χ4n) is 2.64. The lowest BCUT2D eigenvalue weighted by Gasteiger charge is -2.28. The molecule has 1 aliphatic carbocycles. The predicted octanol–water partition coefficient (Wildman–Crippen LogP) is 2.60. The largest absolute Gasteiger partial charge is 0.394 e. The van der Waals surface area contributed by atoms with Crippen molar-refractivity contribution in [2.45, 2.75) is 57.5 Å². The van der Waals surface area contributed by atoms with Crippen molar-refractivity contribution >= 4 is 0 Å². The monoisotopic (exact) mass is 248 g/mol. The van der Waals surface area contributed by atoms with Crippen LogP contribution >= 0.6 is 0 Å². The van der Waals surface area contributed by atoms with E-state index in [1.807, 2.05) is 0 Å². The van der Waals surface area contributed by atoms with Crippen LogP contribution in [0.2, 0.25) is 0 Å². The van der Waals surface area contributed by atoms with Crippen molar-refractivity contribution in [3.63, 3.8) is 0 Å². The maximum atomic E-state index is 9.55. The van der Waals surface area contributed by atoms with Crippen molar-refractivity contribution in [1.82, 2.24) is 10.3 Å². The van der Waals surface area contributed by atoms with Crippen LogP contribution in [-0.2, 0) is 6.54 Å². The number of aliphatic hydroxyl groups excluding tert-OH is 1. The van der Waals surface area contributed by atoms with Gasteiger partial charge >= 0.3 is 0 Å². The van der Waals surface area contributed by atoms with Crippen molar-refractivity contribution in [3.8, 4) is 0 Å². The molecule has 18 heavy (non-hydrogen) atoms. The molecule has 1 aromatic heterocycles. The van der Waals surface area contributed by atoms with Crippen LogP contribution in [0, 0.1) is 0 Å². The fraction of sp³-hybridized carbons (Fsp3) is 0.667. The Balaban J connectivity index is 1.99. The van der Waals surface area contributed by atoms with Crippen LogP contribution in [0.4, 0.5) is 0 Å². The maximum absolute atomic E-state index is 9.55. The summed E-state index contributed by atoms with van der Waals surface area (Å²) in [7, 11) is 0. The zero-order valence-electron chi connectivity index (χ0n) is 11.4. The average Bonchev–Trinajstić information content (AvgIpc) is 2.86. The maximum Gasteiger partial charge on any atom is 0.0613 e. The van der Waals surface area contributed by atoms with Gasteiger partial charge in [0.1, 0.15) is 0 Å². The van der Waals surface area contributed by atoms with Crippen molar-refractivity contribution in [3.05, 3.63) is 29.6 Å². The molecule has 2 N–H and O–H groups in total. The van der Waals surface area contributed by atoms with Gasteiger partial charge in [-0.3, -0.25) is 4.98 Å². The number of hydrogen-bond acceptors (Lipinski definition) is 3. The van der Waals surface area contributed by atoms with Gasteiger partial charge in [-0.05, 0) is 30.9 Å². The third-order valence-electron chi connectivity index (χ3n) is 3.93. The van der Waals surface area contributed by atoms with Crippen LogP contribution in [0.25, 0.3) is 0 Å². The number of nitrogens with zero attached hydrogens (tertiary/aromatic N) is 1. The molecule has 0 aliphatic heterocycles. The summed E-state index contributed by atoms with van der Waals surface area (Å²) in [5.41, 5.74) is 2.15. The van der Waals surface area contributed by atoms with Crippen LogP contribution < -0.4 is 5.32 Å². The molecule has 2 rings (SSSR count). The van der Waals surface area contributed by atoms with Gasteiger partial charge in [-0.15, -0.1) is 0 Å². The lowest BCUT2D eigenvalue weighted by molar-refractivity contribution is 0.162. The summed E-state index contributed by atoms with van der Waals surface area (Å²) < 4.78 is 0. The summed E-state index contributed by atoms with van der Waals surface area (Å²) in [6.07, 6.45) is 4.58. The van der Waals surface area contributed by atoms with E-state index in [2.05, 4.69) is 42.3 Å². The Labute approximate surface area is 110 Å². The molecule has 0 amide bonds. The first-order valence-corrected chi connectivity index (χ1v) is 6.97. The average molecular weight is 248 g/mol. The van der Waals surface area contributed by atoms with E-state index in [1.165, 1.54) is 12.8 Å². The Kier molecular flexibility index (Phi) is 4.36. The van der Waals surface area contributed by atoms with E-state index < -0.39 is 0 Å². The van der Waals surface area contributed by atoms with Gasteiger partial charge in [-0.2, -0.15) is 0 Å². The molecule has 1 saturated carbocycles. The molecule has 0 saturated heterocycles. The summed E-state index contributed by atoms with van der Waals surface area (Å²) in [4.78, 5) is 4.65. The highest BCUT2D eigenvalue weighted by Crippen LogP contribution is 2.29. The molecular formula is C15H24N2O. The second kappa shape index (κ2) is 5.81. The first-order valence-electron chi connectivity index (χ1n) is 6.97. The second-order valence-electron chi connectivity index (χ2n) is 5.71. The van der Waals surface area contributed by atoms with E-state index in [1.54, 1.807) is 0 Å². The normalized spacial score (nSPS) is 18.4. The minimum atomic E-state index is -0.0600. The summed E-state index contributed by atoms with van der Waals surface area (Å²) >= 11 is 0. The first-order chi connectivity index (χ1) is 8.65. The van der Waals surface area contributed by atoms with Crippen LogP contribution in [-0.4, -0.2) is 22.2 Å². The first kappa shape index (κ1) is 13.5. The van der Waals surface area contributed by atoms with Gasteiger partial charge in [-0.1, -0.05) is 32.8 Å². The standard InChI is InChI=1S/C15H24N2O/c1-12(2)14-7-5-6-13(17-14)10-16-15(11-18)8-3-4-9-15/h5-7,12,16,18H,3-4,8-11H2,1-2H3. The van der Waals surface area contributed by atoms with E-state index >= 15 is 0 Å². The van der Waals surface area contributed by atoms with Gasteiger partial charge in [0.15, 0.2) is 0 Å². The number of pyridine rings is 1. The van der Waals surface area contributed by atoms with Gasteiger partial charge in [0.05, 0.1) is 12.3 Å². The number of aliphatic hydroxyl groups is 1. The molecule has 0 radical (unpaired) electrons. The van der Waals surface area contributed by atoms with Gasteiger partial charge < -0.3 is 10.4 Å². The molecule has 1 fully saturated rings. The number of nitrogens with one attached hydrogen (secondary N) is 1. The Morgan fingerprint density at radius 2 is 2.06 bits per heavy atom. The molecule has 3 nitrogen and oxygen atoms in total. The smallest absolute Gasteiger partial charge is 0.0613 e. The predicted molar refractivity (Wildman–Crippen MR) is 73.5 cm³/mol. The molecule has 0 atom stereocenters. The van der Waals surface area contributed by atoms with E-state index in [-0.39, 0.29) is 12.1 Å². The minimum absolute atomic E-state index is 0.0600. The Morgan fingerprint density at radius 3 is 2.67 bits per heavy atom. The van der Waals surface area contributed by atoms with E-state index in [0.717, 1.165) is 30.8 Å². The van der Waals surface area contributed by atoms with Crippen LogP contribution in [0.1, 0.15) is 56.8 Å². The molecule has 0 unspecified atom stereocenters. The van der Waals surface area contributed by atoms with Crippen LogP contribution in [0.3, 0.4) is 0 Å². The molecule has 0 spiro atoms. The highest BCUT2D eigenvalue weighted by atomic mass is 16.3. The van der Waals surface area contributed by atoms with E-state index in [9.17, 15) is 5.11 Å². The number of hydrogen-bond donors (Lipinski definition) is 2. The van der Waals surface area contributed by atoms with Crippen molar-refractivity contribution in [2.75, 3.05) is 6.61 Å². The second-order valence-corrected chi connectivity index (χ2v) is 5.71. The zero-order valence-corrected chi connectivity index (χ0v) is 11.4. The minimum Gasteiger partial charge on any atom is -0.394 e. The van der Waals surface area contributed by atoms with Crippen molar-refractivity contribution in [1.29, 1.82) is 0 Å². The Hall–Kier alpha value is -0.930. The molecule has 1 aliphatic rings. The van der Waals surface area contributed by atoms with Gasteiger partial charge in [0.2, 0.25) is 0 Å². The third-order valence-corrected chi connectivity index (χ3v) is 3.93. The summed E-state index contributed by atoms with van der Waals surface area (Å²) in [5.74, 6) is 0.461. The number of aromatic nitrogens is 1. The quantitative estimate of drug-likeness (QED) is 0.842. The topological polar surface area (TPSA) is 45.1 Å². The molecule has 0 aromatic carbocycles. The van der Waals surface area contributed by atoms with E-state index in [0.29, 0.717) is 5.92 Å². The molecular weight excluding hydrogens is 224 g/mol. The van der Waals surface area contributed by atoms with Crippen molar-refractivity contribution < 1.29 is 5.11 Å². The zero-order chi connectivity index (χ0) is 13.0. The van der Waals surface area contributed by atoms with Gasteiger partial charge in [0.25, 0.3) is 0 Å².